The molecule has 0 aliphatic carbocycles. The molecule has 9 aromatic carbocycles. The molecule has 0 saturated carbocycles. The monoisotopic (exact) mass is 684 g/mol. The summed E-state index contributed by atoms with van der Waals surface area (Å²) in [6.07, 6.45) is 0. The minimum atomic E-state index is -5.52. The molecule has 1 nitrogen and oxygen atoms in total. The lowest BCUT2D eigenvalue weighted by atomic mass is 9.86. The molecule has 0 unspecified atom stereocenters. The fourth-order valence-electron chi connectivity index (χ4n) is 8.13. The van der Waals surface area contributed by atoms with Gasteiger partial charge in [-0.25, -0.2) is 0 Å². The quantitative estimate of drug-likeness (QED) is 0.168. The van der Waals surface area contributed by atoms with E-state index in [0.29, 0.717) is 16.4 Å². The molecule has 1 aromatic heterocycles. The van der Waals surface area contributed by atoms with Gasteiger partial charge >= 0.3 is 0 Å². The van der Waals surface area contributed by atoms with Crippen LogP contribution in [0, 0.1) is 0 Å². The maximum Gasteiger partial charge on any atom is 0.238 e. The highest BCUT2D eigenvalue weighted by Crippen LogP contribution is 2.65. The number of para-hydroxylation sites is 1. The van der Waals surface area contributed by atoms with Gasteiger partial charge in [0, 0.05) is 32.7 Å². The summed E-state index contributed by atoms with van der Waals surface area (Å²) in [4.78, 5) is -0.531. The zero-order chi connectivity index (χ0) is 34.3. The van der Waals surface area contributed by atoms with Gasteiger partial charge in [-0.1, -0.05) is 152 Å². The maximum atomic E-state index is 14.7. The second-order valence-corrected chi connectivity index (χ2v) is 14.1. The van der Waals surface area contributed by atoms with E-state index in [1.54, 1.807) is 48.5 Å². The van der Waals surface area contributed by atoms with Crippen molar-refractivity contribution in [1.29, 1.82) is 0 Å². The Bertz CT molecular complexity index is 2900. The Morgan fingerprint density at radius 2 is 0.804 bits per heavy atom. The lowest BCUT2D eigenvalue weighted by molar-refractivity contribution is 0.637. The Kier molecular flexibility index (Phi) is 6.58. The molecular weight excluding hydrogens is 658 g/mol. The first-order chi connectivity index (χ1) is 25.0. The Morgan fingerprint density at radius 3 is 1.33 bits per heavy atom. The van der Waals surface area contributed by atoms with E-state index < -0.39 is 16.1 Å². The van der Waals surface area contributed by atoms with Gasteiger partial charge in [0.25, 0.3) is 0 Å². The molecular formula is C46H27F3OS. The SMILES string of the molecule is FS(F)(F)c1c2ccccc2c(-c2cccc3c2oc2ccc(-c4c5ccccc5c(-c5ccccc5)c5ccccc45)cc23)c2ccccc12. The average molecular weight is 685 g/mol. The third-order valence-electron chi connectivity index (χ3n) is 10.2. The molecule has 10 aromatic rings. The van der Waals surface area contributed by atoms with Gasteiger partial charge in [-0.2, -0.15) is 0 Å². The highest BCUT2D eigenvalue weighted by molar-refractivity contribution is 8.21. The van der Waals surface area contributed by atoms with Crippen molar-refractivity contribution >= 4 is 76.2 Å². The van der Waals surface area contributed by atoms with E-state index in [2.05, 4.69) is 84.9 Å². The van der Waals surface area contributed by atoms with E-state index in [1.807, 2.05) is 30.3 Å². The Morgan fingerprint density at radius 1 is 0.353 bits per heavy atom. The first-order valence-corrected chi connectivity index (χ1v) is 18.1. The van der Waals surface area contributed by atoms with Crippen LogP contribution in [0.1, 0.15) is 0 Å². The number of halogens is 3. The van der Waals surface area contributed by atoms with E-state index >= 15 is 0 Å². The van der Waals surface area contributed by atoms with E-state index in [0.717, 1.165) is 49.4 Å². The smallest absolute Gasteiger partial charge is 0.238 e. The van der Waals surface area contributed by atoms with Gasteiger partial charge in [-0.3, -0.25) is 0 Å². The molecule has 0 atom stereocenters. The molecule has 5 heteroatoms. The van der Waals surface area contributed by atoms with Crippen LogP contribution in [0.5, 0.6) is 0 Å². The van der Waals surface area contributed by atoms with Gasteiger partial charge < -0.3 is 4.42 Å². The summed E-state index contributed by atoms with van der Waals surface area (Å²) in [5, 5.41) is 8.08. The van der Waals surface area contributed by atoms with Crippen molar-refractivity contribution in [2.24, 2.45) is 0 Å². The topological polar surface area (TPSA) is 13.1 Å². The van der Waals surface area contributed by atoms with Crippen LogP contribution in [0.2, 0.25) is 0 Å². The minimum absolute atomic E-state index is 0.210. The molecule has 0 amide bonds. The lowest BCUT2D eigenvalue weighted by Gasteiger charge is -2.20. The van der Waals surface area contributed by atoms with Crippen LogP contribution in [0.4, 0.5) is 11.7 Å². The van der Waals surface area contributed by atoms with Crippen LogP contribution in [0.3, 0.4) is 0 Å². The van der Waals surface area contributed by atoms with Crippen molar-refractivity contribution in [1.82, 2.24) is 0 Å². The highest BCUT2D eigenvalue weighted by atomic mass is 32.3. The highest BCUT2D eigenvalue weighted by Gasteiger charge is 2.31. The number of fused-ring (bicyclic) bond motifs is 7. The summed E-state index contributed by atoms with van der Waals surface area (Å²) in [6, 6.07) is 53.8. The zero-order valence-corrected chi connectivity index (χ0v) is 27.9. The van der Waals surface area contributed by atoms with Gasteiger partial charge in [-0.15, -0.1) is 11.7 Å². The van der Waals surface area contributed by atoms with Crippen LogP contribution in [0.25, 0.3) is 98.4 Å². The molecule has 0 N–H and O–H groups in total. The average Bonchev–Trinajstić information content (AvgIpc) is 3.54. The van der Waals surface area contributed by atoms with E-state index in [1.165, 1.54) is 21.9 Å². The molecule has 1 heterocycles. The predicted molar refractivity (Wildman–Crippen MR) is 209 cm³/mol. The van der Waals surface area contributed by atoms with E-state index in [9.17, 15) is 11.7 Å². The maximum absolute atomic E-state index is 14.7. The van der Waals surface area contributed by atoms with E-state index in [-0.39, 0.29) is 10.8 Å². The van der Waals surface area contributed by atoms with Gasteiger partial charge in [0.2, 0.25) is 11.2 Å². The van der Waals surface area contributed by atoms with Crippen LogP contribution in [-0.4, -0.2) is 0 Å². The van der Waals surface area contributed by atoms with Crippen LogP contribution < -0.4 is 0 Å². The number of benzene rings is 9. The normalized spacial score (nSPS) is 12.5. The fraction of sp³-hybridized carbons (Fsp3) is 0. The third-order valence-corrected chi connectivity index (χ3v) is 11.1. The van der Waals surface area contributed by atoms with Crippen molar-refractivity contribution in [2.75, 3.05) is 0 Å². The first kappa shape index (κ1) is 29.8. The molecule has 244 valence electrons. The second kappa shape index (κ2) is 11.2. The lowest BCUT2D eigenvalue weighted by Crippen LogP contribution is -1.92. The first-order valence-electron chi connectivity index (χ1n) is 16.8. The van der Waals surface area contributed by atoms with Crippen molar-refractivity contribution in [3.63, 3.8) is 0 Å². The van der Waals surface area contributed by atoms with Crippen molar-refractivity contribution in [3.8, 4) is 33.4 Å². The summed E-state index contributed by atoms with van der Waals surface area (Å²) in [6.45, 7) is 0. The molecule has 51 heavy (non-hydrogen) atoms. The minimum Gasteiger partial charge on any atom is -0.455 e. The Labute approximate surface area is 293 Å². The molecule has 0 aliphatic heterocycles. The number of furan rings is 1. The summed E-state index contributed by atoms with van der Waals surface area (Å²) in [5.74, 6) is 0. The molecule has 0 bridgehead atoms. The Hall–Kier alpha value is -6.04. The summed E-state index contributed by atoms with van der Waals surface area (Å²) >= 11 is -5.52. The van der Waals surface area contributed by atoms with Gasteiger partial charge in [0.1, 0.15) is 11.2 Å². The van der Waals surface area contributed by atoms with Gasteiger partial charge in [0.15, 0.2) is 0 Å². The van der Waals surface area contributed by atoms with Gasteiger partial charge in [0.05, 0.1) is 4.90 Å². The zero-order valence-electron chi connectivity index (χ0n) is 27.0. The molecule has 0 spiro atoms. The third kappa shape index (κ3) is 4.51. The molecule has 10 rings (SSSR count). The molecule has 0 fully saturated rings. The number of hydrogen-bond acceptors (Lipinski definition) is 1. The molecule has 0 radical (unpaired) electrons. The van der Waals surface area contributed by atoms with Gasteiger partial charge in [-0.05, 0) is 66.7 Å². The second-order valence-electron chi connectivity index (χ2n) is 12.9. The molecule has 0 saturated heterocycles. The standard InChI is InChI=1S/C46H27F3OS/c47-51(48,49)46-37-21-10-8-19-34(37)44(35-20-9-11-22-38(35)46)39-24-12-23-36-40-27-29(25-26-41(40)50-45(36)39)43-32-17-6-4-15-30(32)42(28-13-2-1-3-14-28)31-16-5-7-18-33(31)43/h1-27H. The number of hydrogen-bond donors (Lipinski definition) is 0. The van der Waals surface area contributed by atoms with E-state index in [4.69, 9.17) is 4.42 Å². The van der Waals surface area contributed by atoms with Crippen LogP contribution >= 0.6 is 11.2 Å². The van der Waals surface area contributed by atoms with Crippen molar-refractivity contribution in [3.05, 3.63) is 164 Å². The number of rotatable bonds is 4. The van der Waals surface area contributed by atoms with Crippen molar-refractivity contribution in [2.45, 2.75) is 4.90 Å². The van der Waals surface area contributed by atoms with Crippen LogP contribution in [0.15, 0.2) is 173 Å². The predicted octanol–water partition coefficient (Wildman–Crippen LogP) is 15.0. The summed E-state index contributed by atoms with van der Waals surface area (Å²) in [7, 11) is 0. The fourth-order valence-corrected chi connectivity index (χ4v) is 8.99. The summed E-state index contributed by atoms with van der Waals surface area (Å²) in [5.41, 5.74) is 7.48. The van der Waals surface area contributed by atoms with Crippen molar-refractivity contribution < 1.29 is 16.1 Å². The van der Waals surface area contributed by atoms with Crippen LogP contribution in [-0.2, 0) is 0 Å². The molecule has 0 aliphatic rings. The summed E-state index contributed by atoms with van der Waals surface area (Å²) < 4.78 is 50.8. The Balaban J connectivity index is 1.26. The largest absolute Gasteiger partial charge is 0.455 e.